The number of ether oxygens (including phenoxy) is 1. The summed E-state index contributed by atoms with van der Waals surface area (Å²) in [5, 5.41) is 5.67. The lowest BCUT2D eigenvalue weighted by Crippen LogP contribution is -2.35. The van der Waals surface area contributed by atoms with Crippen LogP contribution in [0, 0.1) is 13.8 Å². The van der Waals surface area contributed by atoms with Crippen LogP contribution in [0.3, 0.4) is 0 Å². The van der Waals surface area contributed by atoms with Gasteiger partial charge in [0.2, 0.25) is 0 Å². The quantitative estimate of drug-likeness (QED) is 0.744. The number of esters is 1. The molecule has 27 heavy (non-hydrogen) atoms. The van der Waals surface area contributed by atoms with E-state index in [0.29, 0.717) is 16.3 Å². The Kier molecular flexibility index (Phi) is 6.96. The van der Waals surface area contributed by atoms with Gasteiger partial charge < -0.3 is 15.4 Å². The summed E-state index contributed by atoms with van der Waals surface area (Å²) in [5.41, 5.74) is 3.02. The van der Waals surface area contributed by atoms with E-state index in [2.05, 4.69) is 10.6 Å². The van der Waals surface area contributed by atoms with Gasteiger partial charge >= 0.3 is 5.97 Å². The smallest absolute Gasteiger partial charge is 0.326 e. The number of rotatable bonds is 6. The first-order chi connectivity index (χ1) is 12.8. The predicted octanol–water partition coefficient (Wildman–Crippen LogP) is 3.26. The van der Waals surface area contributed by atoms with E-state index in [-0.39, 0.29) is 6.54 Å². The summed E-state index contributed by atoms with van der Waals surface area (Å²) in [7, 11) is 0. The van der Waals surface area contributed by atoms with Crippen LogP contribution in [0.15, 0.2) is 42.5 Å². The predicted molar refractivity (Wildman–Crippen MR) is 104 cm³/mol. The van der Waals surface area contributed by atoms with Crippen LogP contribution in [0.25, 0.3) is 0 Å². The lowest BCUT2D eigenvalue weighted by atomic mass is 10.1. The molecule has 0 fully saturated rings. The van der Waals surface area contributed by atoms with E-state index in [9.17, 15) is 14.4 Å². The third-order valence-electron chi connectivity index (χ3n) is 3.82. The van der Waals surface area contributed by atoms with E-state index in [1.807, 2.05) is 26.0 Å². The van der Waals surface area contributed by atoms with Crippen molar-refractivity contribution in [2.75, 3.05) is 11.9 Å². The molecule has 142 valence electrons. The van der Waals surface area contributed by atoms with Crippen LogP contribution in [0.2, 0.25) is 5.02 Å². The van der Waals surface area contributed by atoms with Gasteiger partial charge in [-0.1, -0.05) is 29.3 Å². The summed E-state index contributed by atoms with van der Waals surface area (Å²) in [4.78, 5) is 36.0. The van der Waals surface area contributed by atoms with E-state index in [0.717, 1.165) is 11.1 Å². The summed E-state index contributed by atoms with van der Waals surface area (Å²) in [5.74, 6) is -1.59. The van der Waals surface area contributed by atoms with Crippen molar-refractivity contribution in [2.45, 2.75) is 26.9 Å². The van der Waals surface area contributed by atoms with Gasteiger partial charge in [-0.3, -0.25) is 14.4 Å². The van der Waals surface area contributed by atoms with Gasteiger partial charge in [0.25, 0.3) is 11.8 Å². The fourth-order valence-corrected chi connectivity index (χ4v) is 2.46. The molecule has 0 saturated heterocycles. The molecule has 0 radical (unpaired) electrons. The second kappa shape index (κ2) is 9.19. The number of hydrogen-bond acceptors (Lipinski definition) is 4. The third kappa shape index (κ3) is 6.11. The van der Waals surface area contributed by atoms with Crippen LogP contribution < -0.4 is 10.6 Å². The SMILES string of the molecule is Cc1ccc(NC(=O)[C@H](C)OC(=O)CNC(=O)c2ccc(Cl)cc2)c(C)c1. The molecule has 2 aromatic carbocycles. The van der Waals surface area contributed by atoms with Gasteiger partial charge in [0.1, 0.15) is 6.54 Å². The number of aryl methyl sites for hydroxylation is 2. The first kappa shape index (κ1) is 20.5. The Morgan fingerprint density at radius 3 is 2.37 bits per heavy atom. The first-order valence-corrected chi connectivity index (χ1v) is 8.75. The standard InChI is InChI=1S/C20H21ClN2O4/c1-12-4-9-17(13(2)10-12)23-19(25)14(3)27-18(24)11-22-20(26)15-5-7-16(21)8-6-15/h4-10,14H,11H2,1-3H3,(H,22,26)(H,23,25)/t14-/m0/s1. The summed E-state index contributed by atoms with van der Waals surface area (Å²) in [6.45, 7) is 4.97. The number of carbonyl (C=O) groups is 3. The van der Waals surface area contributed by atoms with Crippen molar-refractivity contribution in [3.05, 3.63) is 64.2 Å². The molecule has 0 bridgehead atoms. The molecule has 6 nitrogen and oxygen atoms in total. The Hall–Kier alpha value is -2.86. The van der Waals surface area contributed by atoms with Gasteiger partial charge in [0, 0.05) is 16.3 Å². The van der Waals surface area contributed by atoms with E-state index in [1.165, 1.54) is 6.92 Å². The van der Waals surface area contributed by atoms with Gasteiger partial charge in [0.05, 0.1) is 0 Å². The van der Waals surface area contributed by atoms with Crippen LogP contribution >= 0.6 is 11.6 Å². The molecule has 0 saturated carbocycles. The number of halogens is 1. The van der Waals surface area contributed by atoms with Crippen LogP contribution in [0.5, 0.6) is 0 Å². The van der Waals surface area contributed by atoms with Gasteiger partial charge in [-0.05, 0) is 56.7 Å². The van der Waals surface area contributed by atoms with Gasteiger partial charge in [0.15, 0.2) is 6.10 Å². The van der Waals surface area contributed by atoms with Crippen molar-refractivity contribution in [1.82, 2.24) is 5.32 Å². The molecule has 0 aliphatic rings. The molecule has 0 aromatic heterocycles. The minimum Gasteiger partial charge on any atom is -0.451 e. The average molecular weight is 389 g/mol. The summed E-state index contributed by atoms with van der Waals surface area (Å²) < 4.78 is 5.07. The van der Waals surface area contributed by atoms with Crippen LogP contribution in [-0.2, 0) is 14.3 Å². The van der Waals surface area contributed by atoms with Crippen LogP contribution in [-0.4, -0.2) is 30.4 Å². The molecule has 2 N–H and O–H groups in total. The van der Waals surface area contributed by atoms with E-state index < -0.39 is 23.9 Å². The maximum atomic E-state index is 12.2. The molecule has 0 aliphatic heterocycles. The van der Waals surface area contributed by atoms with Crippen molar-refractivity contribution in [2.24, 2.45) is 0 Å². The zero-order chi connectivity index (χ0) is 20.0. The normalized spacial score (nSPS) is 11.4. The highest BCUT2D eigenvalue weighted by Crippen LogP contribution is 2.16. The van der Waals surface area contributed by atoms with Crippen molar-refractivity contribution in [3.63, 3.8) is 0 Å². The fraction of sp³-hybridized carbons (Fsp3) is 0.250. The molecule has 0 heterocycles. The minimum atomic E-state index is -0.995. The largest absolute Gasteiger partial charge is 0.451 e. The molecular weight excluding hydrogens is 368 g/mol. The molecule has 2 rings (SSSR count). The lowest BCUT2D eigenvalue weighted by molar-refractivity contribution is -0.152. The molecule has 2 amide bonds. The van der Waals surface area contributed by atoms with Crippen molar-refractivity contribution >= 4 is 35.1 Å². The molecule has 7 heteroatoms. The Labute approximate surface area is 162 Å². The van der Waals surface area contributed by atoms with Crippen molar-refractivity contribution in [1.29, 1.82) is 0 Å². The minimum absolute atomic E-state index is 0.345. The number of hydrogen-bond donors (Lipinski definition) is 2. The highest BCUT2D eigenvalue weighted by molar-refractivity contribution is 6.30. The summed E-state index contributed by atoms with van der Waals surface area (Å²) in [6, 6.07) is 11.9. The number of carbonyl (C=O) groups excluding carboxylic acids is 3. The second-order valence-electron chi connectivity index (χ2n) is 6.13. The Morgan fingerprint density at radius 2 is 1.74 bits per heavy atom. The Morgan fingerprint density at radius 1 is 1.07 bits per heavy atom. The fourth-order valence-electron chi connectivity index (χ4n) is 2.34. The zero-order valence-electron chi connectivity index (χ0n) is 15.3. The van der Waals surface area contributed by atoms with E-state index in [4.69, 9.17) is 16.3 Å². The zero-order valence-corrected chi connectivity index (χ0v) is 16.1. The highest BCUT2D eigenvalue weighted by Gasteiger charge is 2.19. The summed E-state index contributed by atoms with van der Waals surface area (Å²) in [6.07, 6.45) is -0.995. The topological polar surface area (TPSA) is 84.5 Å². The van der Waals surface area contributed by atoms with Crippen LogP contribution in [0.4, 0.5) is 5.69 Å². The molecular formula is C20H21ClN2O4. The van der Waals surface area contributed by atoms with E-state index in [1.54, 1.807) is 30.3 Å². The third-order valence-corrected chi connectivity index (χ3v) is 4.07. The molecule has 0 aliphatic carbocycles. The monoisotopic (exact) mass is 388 g/mol. The van der Waals surface area contributed by atoms with Gasteiger partial charge in [-0.15, -0.1) is 0 Å². The molecule has 1 atom stereocenters. The number of amides is 2. The maximum absolute atomic E-state index is 12.2. The van der Waals surface area contributed by atoms with Crippen molar-refractivity contribution in [3.8, 4) is 0 Å². The first-order valence-electron chi connectivity index (χ1n) is 8.37. The van der Waals surface area contributed by atoms with Crippen LogP contribution in [0.1, 0.15) is 28.4 Å². The lowest BCUT2D eigenvalue weighted by Gasteiger charge is -2.15. The average Bonchev–Trinajstić information content (AvgIpc) is 2.62. The molecule has 0 spiro atoms. The number of benzene rings is 2. The molecule has 0 unspecified atom stereocenters. The summed E-state index contributed by atoms with van der Waals surface area (Å²) >= 11 is 5.76. The number of anilines is 1. The molecule has 2 aromatic rings. The maximum Gasteiger partial charge on any atom is 0.326 e. The Bertz CT molecular complexity index is 850. The van der Waals surface area contributed by atoms with Gasteiger partial charge in [-0.2, -0.15) is 0 Å². The number of nitrogens with one attached hydrogen (secondary N) is 2. The highest BCUT2D eigenvalue weighted by atomic mass is 35.5. The van der Waals surface area contributed by atoms with E-state index >= 15 is 0 Å². The van der Waals surface area contributed by atoms with Gasteiger partial charge in [-0.25, -0.2) is 0 Å². The Balaban J connectivity index is 1.82. The second-order valence-corrected chi connectivity index (χ2v) is 6.57. The van der Waals surface area contributed by atoms with Crippen molar-refractivity contribution < 1.29 is 19.1 Å².